The lowest BCUT2D eigenvalue weighted by atomic mass is 10.2. The van der Waals surface area contributed by atoms with Gasteiger partial charge in [-0.3, -0.25) is 0 Å². The van der Waals surface area contributed by atoms with Crippen LogP contribution in [0.2, 0.25) is 0 Å². The molecule has 0 bridgehead atoms. The minimum atomic E-state index is -4.88. The summed E-state index contributed by atoms with van der Waals surface area (Å²) in [6.45, 7) is 0. The van der Waals surface area contributed by atoms with Gasteiger partial charge in [0.05, 0.1) is 5.88 Å². The molecule has 1 rings (SSSR count). The fourth-order valence-electron chi connectivity index (χ4n) is 0.998. The van der Waals surface area contributed by atoms with Crippen molar-refractivity contribution in [3.63, 3.8) is 0 Å². The van der Waals surface area contributed by atoms with Crippen molar-refractivity contribution in [1.29, 1.82) is 5.26 Å². The largest absolute Gasteiger partial charge is 0.573 e. The Labute approximate surface area is 93.4 Å². The minimum Gasteiger partial charge on any atom is -0.401 e. The summed E-state index contributed by atoms with van der Waals surface area (Å²) >= 11 is 5.42. The summed E-state index contributed by atoms with van der Waals surface area (Å²) in [6, 6.07) is 2.73. The first kappa shape index (κ1) is 12.4. The Balaban J connectivity index is 3.23. The van der Waals surface area contributed by atoms with E-state index in [9.17, 15) is 13.2 Å². The van der Waals surface area contributed by atoms with E-state index in [4.69, 9.17) is 22.6 Å². The van der Waals surface area contributed by atoms with Crippen molar-refractivity contribution in [3.05, 3.63) is 17.3 Å². The van der Waals surface area contributed by atoms with E-state index in [1.807, 2.05) is 0 Å². The number of hydrogen-bond acceptors (Lipinski definition) is 4. The average molecular weight is 252 g/mol. The number of hydrogen-bond donors (Lipinski definition) is 1. The molecule has 0 aliphatic heterocycles. The molecular weight excluding hydrogens is 247 g/mol. The number of halogens is 4. The molecule has 1 aromatic heterocycles. The Hall–Kier alpha value is -1.68. The number of ether oxygens (including phenoxy) is 1. The Morgan fingerprint density at radius 2 is 2.19 bits per heavy atom. The van der Waals surface area contributed by atoms with Crippen LogP contribution < -0.4 is 10.5 Å². The fraction of sp³-hybridized carbons (Fsp3) is 0.250. The Kier molecular flexibility index (Phi) is 3.44. The normalized spacial score (nSPS) is 10.9. The second-order valence-electron chi connectivity index (χ2n) is 2.67. The molecule has 4 nitrogen and oxygen atoms in total. The molecule has 0 aliphatic rings. The SMILES string of the molecule is N#Cc1cc(CCl)c(OC(F)(F)F)c(N)n1. The zero-order valence-corrected chi connectivity index (χ0v) is 8.43. The first-order chi connectivity index (χ1) is 7.37. The van der Waals surface area contributed by atoms with Gasteiger partial charge in [-0.2, -0.15) is 5.26 Å². The zero-order chi connectivity index (χ0) is 12.3. The first-order valence-corrected chi connectivity index (χ1v) is 4.42. The van der Waals surface area contributed by atoms with Crippen LogP contribution in [0.4, 0.5) is 19.0 Å². The highest BCUT2D eigenvalue weighted by atomic mass is 35.5. The third kappa shape index (κ3) is 2.90. The molecule has 0 atom stereocenters. The van der Waals surface area contributed by atoms with Crippen LogP contribution in [0.1, 0.15) is 11.3 Å². The summed E-state index contributed by atoms with van der Waals surface area (Å²) in [5, 5.41) is 8.53. The van der Waals surface area contributed by atoms with Crippen LogP contribution in [0.15, 0.2) is 6.07 Å². The lowest BCUT2D eigenvalue weighted by molar-refractivity contribution is -0.274. The Bertz CT molecular complexity index is 441. The van der Waals surface area contributed by atoms with Crippen LogP contribution >= 0.6 is 11.6 Å². The summed E-state index contributed by atoms with van der Waals surface area (Å²) in [6.07, 6.45) is -4.88. The molecule has 1 heterocycles. The van der Waals surface area contributed by atoms with Gasteiger partial charge in [0.1, 0.15) is 11.8 Å². The summed E-state index contributed by atoms with van der Waals surface area (Å²) in [5.41, 5.74) is 5.07. The molecule has 1 aromatic rings. The van der Waals surface area contributed by atoms with Crippen molar-refractivity contribution < 1.29 is 17.9 Å². The van der Waals surface area contributed by atoms with E-state index >= 15 is 0 Å². The highest BCUT2D eigenvalue weighted by Crippen LogP contribution is 2.32. The van der Waals surface area contributed by atoms with Gasteiger partial charge in [0, 0.05) is 5.56 Å². The molecule has 0 aliphatic carbocycles. The van der Waals surface area contributed by atoms with Crippen LogP contribution in [-0.2, 0) is 5.88 Å². The molecule has 86 valence electrons. The van der Waals surface area contributed by atoms with E-state index in [0.29, 0.717) is 0 Å². The number of nitrogens with zero attached hydrogens (tertiary/aromatic N) is 2. The van der Waals surface area contributed by atoms with Gasteiger partial charge >= 0.3 is 6.36 Å². The molecule has 0 aromatic carbocycles. The number of pyridine rings is 1. The van der Waals surface area contributed by atoms with Crippen molar-refractivity contribution in [2.24, 2.45) is 0 Å². The minimum absolute atomic E-state index is 0.0389. The number of nitriles is 1. The van der Waals surface area contributed by atoms with Gasteiger partial charge in [-0.15, -0.1) is 24.8 Å². The third-order valence-electron chi connectivity index (χ3n) is 1.55. The third-order valence-corrected chi connectivity index (χ3v) is 1.84. The lowest BCUT2D eigenvalue weighted by Crippen LogP contribution is -2.19. The van der Waals surface area contributed by atoms with Gasteiger partial charge in [0.25, 0.3) is 0 Å². The number of aromatic nitrogens is 1. The number of anilines is 1. The van der Waals surface area contributed by atoms with Gasteiger partial charge < -0.3 is 10.5 Å². The maximum atomic E-state index is 12.0. The molecule has 0 saturated carbocycles. The van der Waals surface area contributed by atoms with E-state index in [2.05, 4.69) is 9.72 Å². The van der Waals surface area contributed by atoms with E-state index in [1.165, 1.54) is 0 Å². The van der Waals surface area contributed by atoms with E-state index in [1.54, 1.807) is 6.07 Å². The summed E-state index contributed by atoms with van der Waals surface area (Å²) in [7, 11) is 0. The zero-order valence-electron chi connectivity index (χ0n) is 7.68. The number of nitrogen functional groups attached to an aromatic ring is 1. The van der Waals surface area contributed by atoms with Gasteiger partial charge in [-0.05, 0) is 6.07 Å². The van der Waals surface area contributed by atoms with Crippen molar-refractivity contribution in [2.45, 2.75) is 12.2 Å². The van der Waals surface area contributed by atoms with Crippen LogP contribution in [0.25, 0.3) is 0 Å². The number of alkyl halides is 4. The van der Waals surface area contributed by atoms with Crippen molar-refractivity contribution >= 4 is 17.4 Å². The molecule has 0 unspecified atom stereocenters. The second kappa shape index (κ2) is 4.45. The number of nitrogens with two attached hydrogens (primary N) is 1. The lowest BCUT2D eigenvalue weighted by Gasteiger charge is -2.13. The van der Waals surface area contributed by atoms with E-state index < -0.39 is 17.9 Å². The second-order valence-corrected chi connectivity index (χ2v) is 2.94. The van der Waals surface area contributed by atoms with Gasteiger partial charge in [-0.1, -0.05) is 0 Å². The van der Waals surface area contributed by atoms with E-state index in [0.717, 1.165) is 6.07 Å². The molecule has 2 N–H and O–H groups in total. The summed E-state index contributed by atoms with van der Waals surface area (Å²) in [4.78, 5) is 3.42. The predicted octanol–water partition coefficient (Wildman–Crippen LogP) is 2.17. The smallest absolute Gasteiger partial charge is 0.401 e. The van der Waals surface area contributed by atoms with Gasteiger partial charge in [0.2, 0.25) is 0 Å². The van der Waals surface area contributed by atoms with Crippen LogP contribution in [0.5, 0.6) is 5.75 Å². The van der Waals surface area contributed by atoms with Crippen LogP contribution in [-0.4, -0.2) is 11.3 Å². The van der Waals surface area contributed by atoms with Crippen molar-refractivity contribution in [1.82, 2.24) is 4.98 Å². The molecule has 8 heteroatoms. The molecule has 16 heavy (non-hydrogen) atoms. The topological polar surface area (TPSA) is 71.9 Å². The molecule has 0 fully saturated rings. The maximum Gasteiger partial charge on any atom is 0.573 e. The Morgan fingerprint density at radius 1 is 1.56 bits per heavy atom. The standard InChI is InChI=1S/C8H5ClF3N3O/c9-2-4-1-5(3-13)15-7(14)6(4)16-8(10,11)12/h1H,2H2,(H2,14,15). The monoisotopic (exact) mass is 251 g/mol. The predicted molar refractivity (Wildman–Crippen MR) is 49.6 cm³/mol. The molecule has 0 saturated heterocycles. The van der Waals surface area contributed by atoms with Gasteiger partial charge in [-0.25, -0.2) is 4.98 Å². The van der Waals surface area contributed by atoms with E-state index in [-0.39, 0.29) is 17.1 Å². The van der Waals surface area contributed by atoms with Gasteiger partial charge in [0.15, 0.2) is 11.6 Å². The molecule has 0 amide bonds. The Morgan fingerprint density at radius 3 is 2.62 bits per heavy atom. The van der Waals surface area contributed by atoms with Crippen LogP contribution in [0, 0.1) is 11.3 Å². The molecule has 0 spiro atoms. The van der Waals surface area contributed by atoms with Crippen molar-refractivity contribution in [2.75, 3.05) is 5.73 Å². The summed E-state index contributed by atoms with van der Waals surface area (Å²) < 4.78 is 39.7. The number of rotatable bonds is 2. The first-order valence-electron chi connectivity index (χ1n) is 3.88. The highest BCUT2D eigenvalue weighted by molar-refractivity contribution is 6.17. The quantitative estimate of drug-likeness (QED) is 0.818. The van der Waals surface area contributed by atoms with Crippen molar-refractivity contribution in [3.8, 4) is 11.8 Å². The highest BCUT2D eigenvalue weighted by Gasteiger charge is 2.33. The summed E-state index contributed by atoms with van der Waals surface area (Å²) in [5.74, 6) is -1.46. The van der Waals surface area contributed by atoms with Crippen LogP contribution in [0.3, 0.4) is 0 Å². The molecule has 0 radical (unpaired) electrons. The fourth-order valence-corrected chi connectivity index (χ4v) is 1.20. The average Bonchev–Trinajstić information content (AvgIpc) is 2.19. The maximum absolute atomic E-state index is 12.0. The molecular formula is C8H5ClF3N3O.